The van der Waals surface area contributed by atoms with Crippen molar-refractivity contribution in [2.24, 2.45) is 0 Å². The van der Waals surface area contributed by atoms with Crippen molar-refractivity contribution in [1.29, 1.82) is 5.41 Å². The summed E-state index contributed by atoms with van der Waals surface area (Å²) in [5.74, 6) is 0.642. The van der Waals surface area contributed by atoms with Crippen LogP contribution < -0.4 is 0 Å². The Bertz CT molecular complexity index is 236. The van der Waals surface area contributed by atoms with E-state index in [1.54, 1.807) is 6.26 Å². The van der Waals surface area contributed by atoms with Crippen molar-refractivity contribution >= 4 is 5.84 Å². The molecule has 1 N–H and O–H groups in total. The van der Waals surface area contributed by atoms with Gasteiger partial charge in [-0.1, -0.05) is 0 Å². The molecule has 0 saturated carbocycles. The molecule has 0 bridgehead atoms. The maximum atomic E-state index is 7.99. The lowest BCUT2D eigenvalue weighted by atomic mass is 10.2. The van der Waals surface area contributed by atoms with Gasteiger partial charge in [-0.25, -0.2) is 0 Å². The summed E-state index contributed by atoms with van der Waals surface area (Å²) in [5, 5.41) is 7.99. The Morgan fingerprint density at radius 3 is 2.64 bits per heavy atom. The van der Waals surface area contributed by atoms with Crippen LogP contribution in [0.3, 0.4) is 0 Å². The number of hydrogen-bond donors (Lipinski definition) is 1. The van der Waals surface area contributed by atoms with E-state index in [-0.39, 0.29) is 6.10 Å². The maximum Gasteiger partial charge on any atom is 0.158 e. The van der Waals surface area contributed by atoms with Gasteiger partial charge in [-0.2, -0.15) is 0 Å². The van der Waals surface area contributed by atoms with E-state index in [9.17, 15) is 0 Å². The first-order valence-corrected chi connectivity index (χ1v) is 5.10. The number of nitrogens with one attached hydrogen (secondary N) is 1. The summed E-state index contributed by atoms with van der Waals surface area (Å²) in [7, 11) is 2.12. The average molecular weight is 195 g/mol. The topological polar surface area (TPSA) is 39.6 Å². The number of nitrogens with zero attached hydrogens (tertiary/aromatic N) is 2. The van der Waals surface area contributed by atoms with Crippen molar-refractivity contribution < 1.29 is 4.74 Å². The van der Waals surface area contributed by atoms with Crippen LogP contribution >= 0.6 is 0 Å². The molecule has 1 atom stereocenters. The number of hydrogen-bond acceptors (Lipinski definition) is 3. The lowest BCUT2D eigenvalue weighted by Crippen LogP contribution is -2.49. The molecule has 0 amide bonds. The Balaban J connectivity index is 1.85. The van der Waals surface area contributed by atoms with Crippen molar-refractivity contribution in [3.05, 3.63) is 12.3 Å². The summed E-state index contributed by atoms with van der Waals surface area (Å²) in [4.78, 5) is 4.41. The van der Waals surface area contributed by atoms with E-state index in [1.807, 2.05) is 6.08 Å². The van der Waals surface area contributed by atoms with E-state index in [4.69, 9.17) is 10.1 Å². The van der Waals surface area contributed by atoms with Gasteiger partial charge in [0, 0.05) is 32.6 Å². The normalized spacial score (nSPS) is 27.8. The molecule has 78 valence electrons. The fraction of sp³-hybridized carbons (Fsp3) is 0.700. The van der Waals surface area contributed by atoms with Gasteiger partial charge in [0.25, 0.3) is 0 Å². The van der Waals surface area contributed by atoms with E-state index < -0.39 is 0 Å². The maximum absolute atomic E-state index is 7.99. The molecule has 0 radical (unpaired) electrons. The summed E-state index contributed by atoms with van der Waals surface area (Å²) in [5.41, 5.74) is 0. The minimum absolute atomic E-state index is 0.0293. The van der Waals surface area contributed by atoms with Gasteiger partial charge in [-0.05, 0) is 13.1 Å². The molecule has 4 nitrogen and oxygen atoms in total. The van der Waals surface area contributed by atoms with Gasteiger partial charge in [0.15, 0.2) is 6.10 Å². The Labute approximate surface area is 84.6 Å². The van der Waals surface area contributed by atoms with Gasteiger partial charge in [0.2, 0.25) is 0 Å². The van der Waals surface area contributed by atoms with Crippen molar-refractivity contribution in [3.8, 4) is 0 Å². The van der Waals surface area contributed by atoms with Gasteiger partial charge in [0.05, 0.1) is 6.26 Å². The Kier molecular flexibility index (Phi) is 2.72. The van der Waals surface area contributed by atoms with E-state index in [1.165, 1.54) is 0 Å². The fourth-order valence-corrected chi connectivity index (χ4v) is 1.81. The highest BCUT2D eigenvalue weighted by Gasteiger charge is 2.24. The molecule has 0 spiro atoms. The van der Waals surface area contributed by atoms with Crippen molar-refractivity contribution in [1.82, 2.24) is 9.80 Å². The van der Waals surface area contributed by atoms with E-state index in [2.05, 4.69) is 16.8 Å². The molecule has 0 aromatic rings. The van der Waals surface area contributed by atoms with E-state index in [0.717, 1.165) is 32.6 Å². The van der Waals surface area contributed by atoms with Crippen LogP contribution in [0.4, 0.5) is 0 Å². The molecule has 4 heteroatoms. The molecule has 1 unspecified atom stereocenters. The van der Waals surface area contributed by atoms with Crippen LogP contribution in [0, 0.1) is 5.41 Å². The second kappa shape index (κ2) is 4.00. The van der Waals surface area contributed by atoms with Gasteiger partial charge < -0.3 is 14.5 Å². The second-order valence-electron chi connectivity index (χ2n) is 3.91. The first-order valence-electron chi connectivity index (χ1n) is 5.10. The number of ether oxygens (including phenoxy) is 1. The number of rotatable bonds is 1. The molecule has 1 fully saturated rings. The van der Waals surface area contributed by atoms with Gasteiger partial charge in [-0.3, -0.25) is 5.41 Å². The zero-order valence-electron chi connectivity index (χ0n) is 8.57. The average Bonchev–Trinajstić information content (AvgIpc) is 2.71. The molecular formula is C10H17N3O. The first-order chi connectivity index (χ1) is 6.77. The minimum atomic E-state index is -0.0293. The second-order valence-corrected chi connectivity index (χ2v) is 3.91. The van der Waals surface area contributed by atoms with Gasteiger partial charge in [-0.15, -0.1) is 0 Å². The number of likely N-dealkylation sites (N-methyl/N-ethyl adjacent to an activating group) is 1. The van der Waals surface area contributed by atoms with Crippen molar-refractivity contribution in [2.45, 2.75) is 12.5 Å². The number of amidine groups is 1. The predicted molar refractivity (Wildman–Crippen MR) is 55.4 cm³/mol. The zero-order chi connectivity index (χ0) is 9.97. The van der Waals surface area contributed by atoms with Crippen molar-refractivity contribution in [3.63, 3.8) is 0 Å². The Morgan fingerprint density at radius 2 is 2.07 bits per heavy atom. The molecule has 2 aliphatic rings. The summed E-state index contributed by atoms with van der Waals surface area (Å²) in [6.07, 6.45) is 4.51. The molecule has 2 aliphatic heterocycles. The van der Waals surface area contributed by atoms with Crippen molar-refractivity contribution in [2.75, 3.05) is 33.2 Å². The third kappa shape index (κ3) is 1.90. The summed E-state index contributed by atoms with van der Waals surface area (Å²) in [6, 6.07) is 0. The van der Waals surface area contributed by atoms with Gasteiger partial charge in [0.1, 0.15) is 5.84 Å². The third-order valence-corrected chi connectivity index (χ3v) is 2.84. The first kappa shape index (κ1) is 9.52. The minimum Gasteiger partial charge on any atom is -0.490 e. The Morgan fingerprint density at radius 1 is 1.36 bits per heavy atom. The van der Waals surface area contributed by atoms with E-state index in [0.29, 0.717) is 5.84 Å². The van der Waals surface area contributed by atoms with Crippen LogP contribution in [0.5, 0.6) is 0 Å². The SMILES string of the molecule is CN1CCN(C(=N)C2CC=CO2)CC1. The number of piperazine rings is 1. The Hall–Kier alpha value is -1.03. The highest BCUT2D eigenvalue weighted by molar-refractivity contribution is 5.84. The molecular weight excluding hydrogens is 178 g/mol. The smallest absolute Gasteiger partial charge is 0.158 e. The summed E-state index contributed by atoms with van der Waals surface area (Å²) in [6.45, 7) is 4.00. The molecule has 0 aromatic heterocycles. The molecule has 2 heterocycles. The van der Waals surface area contributed by atoms with E-state index >= 15 is 0 Å². The predicted octanol–water partition coefficient (Wildman–Crippen LogP) is 0.514. The standard InChI is InChI=1S/C10H17N3O/c1-12-4-6-13(7-5-12)10(11)9-3-2-8-14-9/h2,8-9,11H,3-7H2,1H3. The van der Waals surface area contributed by atoms with Crippen LogP contribution in [0.15, 0.2) is 12.3 Å². The highest BCUT2D eigenvalue weighted by atomic mass is 16.5. The lowest BCUT2D eigenvalue weighted by molar-refractivity contribution is 0.176. The molecule has 1 saturated heterocycles. The van der Waals surface area contributed by atoms with Crippen LogP contribution in [0.1, 0.15) is 6.42 Å². The highest BCUT2D eigenvalue weighted by Crippen LogP contribution is 2.13. The van der Waals surface area contributed by atoms with Crippen LogP contribution in [0.25, 0.3) is 0 Å². The molecule has 2 rings (SSSR count). The largest absolute Gasteiger partial charge is 0.490 e. The van der Waals surface area contributed by atoms with Crippen LogP contribution in [-0.2, 0) is 4.74 Å². The zero-order valence-corrected chi connectivity index (χ0v) is 8.57. The summed E-state index contributed by atoms with van der Waals surface area (Å²) < 4.78 is 5.33. The lowest BCUT2D eigenvalue weighted by Gasteiger charge is -2.35. The molecule has 0 aromatic carbocycles. The molecule has 0 aliphatic carbocycles. The third-order valence-electron chi connectivity index (χ3n) is 2.84. The fourth-order valence-electron chi connectivity index (χ4n) is 1.81. The summed E-state index contributed by atoms with van der Waals surface area (Å²) >= 11 is 0. The quantitative estimate of drug-likeness (QED) is 0.489. The van der Waals surface area contributed by atoms with Gasteiger partial charge >= 0.3 is 0 Å². The van der Waals surface area contributed by atoms with Crippen LogP contribution in [0.2, 0.25) is 0 Å². The monoisotopic (exact) mass is 195 g/mol. The van der Waals surface area contributed by atoms with Crippen LogP contribution in [-0.4, -0.2) is 55.0 Å². The molecule has 14 heavy (non-hydrogen) atoms.